The lowest BCUT2D eigenvalue weighted by Gasteiger charge is -2.40. The summed E-state index contributed by atoms with van der Waals surface area (Å²) in [6.45, 7) is -0.146. The van der Waals surface area contributed by atoms with E-state index in [0.29, 0.717) is 0 Å². The molecule has 0 aromatic carbocycles. The lowest BCUT2D eigenvalue weighted by atomic mass is 9.88. The second-order valence-electron chi connectivity index (χ2n) is 7.45. The predicted octanol–water partition coefficient (Wildman–Crippen LogP) is 5.49. The molecule has 38 heavy (non-hydrogen) atoms. The van der Waals surface area contributed by atoms with E-state index in [9.17, 15) is 79.1 Å². The van der Waals surface area contributed by atoms with Crippen LogP contribution in [0.1, 0.15) is 19.8 Å². The summed E-state index contributed by atoms with van der Waals surface area (Å²) >= 11 is 0. The molecule has 0 aliphatic rings. The Balaban J connectivity index is 6.21. The minimum Gasteiger partial charge on any atom is -0.460 e. The number of carbonyl (C=O) groups excluding carboxylic acids is 1. The van der Waals surface area contributed by atoms with Gasteiger partial charge in [0.05, 0.1) is 12.7 Å². The van der Waals surface area contributed by atoms with Gasteiger partial charge in [-0.1, -0.05) is 6.58 Å². The molecular weight excluding hydrogens is 605 g/mol. The van der Waals surface area contributed by atoms with Crippen LogP contribution in [0.4, 0.5) is 65.9 Å². The molecule has 0 amide bonds. The lowest BCUT2D eigenvalue weighted by Crippen LogP contribution is -2.70. The van der Waals surface area contributed by atoms with Gasteiger partial charge in [-0.3, -0.25) is 4.55 Å². The van der Waals surface area contributed by atoms with Crippen molar-refractivity contribution in [1.82, 2.24) is 0 Å². The summed E-state index contributed by atoms with van der Waals surface area (Å²) < 4.78 is 236. The van der Waals surface area contributed by atoms with Crippen molar-refractivity contribution in [2.45, 2.75) is 66.9 Å². The van der Waals surface area contributed by atoms with Gasteiger partial charge < -0.3 is 9.47 Å². The molecule has 0 bridgehead atoms. The van der Waals surface area contributed by atoms with E-state index in [0.717, 1.165) is 6.92 Å². The average Bonchev–Trinajstić information content (AvgIpc) is 2.67. The SMILES string of the molecule is C=C(C)C(=O)OCC(CC(F)(F)C(F)(F)C(F)(C(F)(F)F)C(F)(F)F)OCCC(F)(F)C(F)(F)S(=O)(=O)O. The van der Waals surface area contributed by atoms with Crippen molar-refractivity contribution in [2.75, 3.05) is 13.2 Å². The molecule has 0 spiro atoms. The van der Waals surface area contributed by atoms with E-state index >= 15 is 0 Å². The zero-order chi connectivity index (χ0) is 31.0. The van der Waals surface area contributed by atoms with Crippen LogP contribution in [-0.4, -0.2) is 79.3 Å². The Kier molecular flexibility index (Phi) is 10.3. The summed E-state index contributed by atoms with van der Waals surface area (Å²) in [7, 11) is -6.83. The molecule has 0 radical (unpaired) electrons. The summed E-state index contributed by atoms with van der Waals surface area (Å²) in [6.07, 6.45) is -24.2. The maximum atomic E-state index is 14.1. The number of hydrogen-bond acceptors (Lipinski definition) is 5. The van der Waals surface area contributed by atoms with Crippen molar-refractivity contribution in [3.05, 3.63) is 12.2 Å². The Morgan fingerprint density at radius 2 is 1.26 bits per heavy atom. The number of carbonyl (C=O) groups is 1. The molecule has 0 fully saturated rings. The Hall–Kier alpha value is -1.97. The molecule has 0 saturated carbocycles. The third-order valence-corrected chi connectivity index (χ3v) is 5.37. The summed E-state index contributed by atoms with van der Waals surface area (Å²) in [5.41, 5.74) is -8.47. The highest BCUT2D eigenvalue weighted by Crippen LogP contribution is 2.60. The molecular formula is C16H15F15O6S. The first kappa shape index (κ1) is 36.0. The first-order chi connectivity index (χ1) is 16.4. The fourth-order valence-corrected chi connectivity index (χ4v) is 2.81. The molecule has 0 aliphatic heterocycles. The van der Waals surface area contributed by atoms with Crippen LogP contribution < -0.4 is 0 Å². The number of ether oxygens (including phenoxy) is 2. The molecule has 0 aromatic rings. The molecule has 0 heterocycles. The maximum absolute atomic E-state index is 14.1. The predicted molar refractivity (Wildman–Crippen MR) is 92.0 cm³/mol. The van der Waals surface area contributed by atoms with Crippen molar-refractivity contribution < 1.29 is 93.1 Å². The number of rotatable bonds is 13. The van der Waals surface area contributed by atoms with Gasteiger partial charge in [0.2, 0.25) is 0 Å². The number of esters is 1. The van der Waals surface area contributed by atoms with Gasteiger partial charge in [-0.25, -0.2) is 9.18 Å². The first-order valence-corrected chi connectivity index (χ1v) is 10.6. The third kappa shape index (κ3) is 6.96. The molecule has 226 valence electrons. The monoisotopic (exact) mass is 620 g/mol. The Labute approximate surface area is 202 Å². The first-order valence-electron chi connectivity index (χ1n) is 9.15. The van der Waals surface area contributed by atoms with Crippen LogP contribution in [0, 0.1) is 0 Å². The van der Waals surface area contributed by atoms with Gasteiger partial charge in [0, 0.05) is 18.4 Å². The minimum atomic E-state index is -7.89. The average molecular weight is 620 g/mol. The molecule has 6 nitrogen and oxygen atoms in total. The van der Waals surface area contributed by atoms with Gasteiger partial charge >= 0.3 is 57.1 Å². The van der Waals surface area contributed by atoms with Crippen LogP contribution in [0.25, 0.3) is 0 Å². The number of halogens is 15. The van der Waals surface area contributed by atoms with Crippen LogP contribution >= 0.6 is 0 Å². The quantitative estimate of drug-likeness (QED) is 0.127. The zero-order valence-corrected chi connectivity index (χ0v) is 19.0. The fourth-order valence-electron chi connectivity index (χ4n) is 2.33. The van der Waals surface area contributed by atoms with Gasteiger partial charge in [0.25, 0.3) is 0 Å². The fraction of sp³-hybridized carbons (Fsp3) is 0.812. The van der Waals surface area contributed by atoms with Crippen molar-refractivity contribution >= 4 is 16.1 Å². The van der Waals surface area contributed by atoms with E-state index in [1.54, 1.807) is 0 Å². The van der Waals surface area contributed by atoms with Gasteiger partial charge in [0.15, 0.2) is 0 Å². The molecule has 22 heteroatoms. The largest absolute Gasteiger partial charge is 0.460 e. The smallest absolute Gasteiger partial charge is 0.438 e. The summed E-state index contributed by atoms with van der Waals surface area (Å²) in [6, 6.07) is 0. The third-order valence-electron chi connectivity index (χ3n) is 4.43. The van der Waals surface area contributed by atoms with Gasteiger partial charge in [-0.15, -0.1) is 0 Å². The molecule has 1 atom stereocenters. The molecule has 0 aliphatic carbocycles. The molecule has 0 rings (SSSR count). The van der Waals surface area contributed by atoms with Crippen LogP contribution in [0.5, 0.6) is 0 Å². The topological polar surface area (TPSA) is 89.9 Å². The highest BCUT2D eigenvalue weighted by atomic mass is 32.2. The second kappa shape index (κ2) is 10.9. The van der Waals surface area contributed by atoms with Crippen LogP contribution in [0.3, 0.4) is 0 Å². The highest BCUT2D eigenvalue weighted by molar-refractivity contribution is 7.87. The van der Waals surface area contributed by atoms with Crippen LogP contribution in [0.15, 0.2) is 12.2 Å². The number of alkyl halides is 15. The molecule has 0 aromatic heterocycles. The summed E-state index contributed by atoms with van der Waals surface area (Å²) in [4.78, 5) is 11.3. The van der Waals surface area contributed by atoms with E-state index < -0.39 is 94.9 Å². The highest BCUT2D eigenvalue weighted by Gasteiger charge is 2.89. The Morgan fingerprint density at radius 3 is 1.61 bits per heavy atom. The van der Waals surface area contributed by atoms with E-state index in [4.69, 9.17) is 4.55 Å². The standard InChI is InChI=1S/C16H15F15O6S/c1-7(2)9(32)37-6-8(36-4-3-10(17,18)16(30,31)38(33,34)35)5-11(19,20)13(22,23)12(21,14(24,25)26)15(27,28)29/h8H,1,3-6H2,2H3,(H,33,34,35). The van der Waals surface area contributed by atoms with Crippen molar-refractivity contribution in [3.63, 3.8) is 0 Å². The van der Waals surface area contributed by atoms with Crippen molar-refractivity contribution in [2.24, 2.45) is 0 Å². The second-order valence-corrected chi connectivity index (χ2v) is 8.92. The van der Waals surface area contributed by atoms with Crippen LogP contribution in [0.2, 0.25) is 0 Å². The number of hydrogen-bond donors (Lipinski definition) is 1. The lowest BCUT2D eigenvalue weighted by molar-refractivity contribution is -0.428. The maximum Gasteiger partial charge on any atom is 0.438 e. The van der Waals surface area contributed by atoms with Crippen LogP contribution in [-0.2, 0) is 24.4 Å². The molecule has 0 saturated heterocycles. The van der Waals surface area contributed by atoms with E-state index in [1.807, 2.05) is 0 Å². The Morgan fingerprint density at radius 1 is 0.842 bits per heavy atom. The molecule has 1 N–H and O–H groups in total. The van der Waals surface area contributed by atoms with E-state index in [1.165, 1.54) is 0 Å². The van der Waals surface area contributed by atoms with Crippen molar-refractivity contribution in [3.8, 4) is 0 Å². The van der Waals surface area contributed by atoms with Gasteiger partial charge in [0.1, 0.15) is 6.61 Å². The minimum absolute atomic E-state index is 0.586. The van der Waals surface area contributed by atoms with Gasteiger partial charge in [-0.2, -0.15) is 69.9 Å². The zero-order valence-electron chi connectivity index (χ0n) is 18.2. The Bertz CT molecular complexity index is 957. The van der Waals surface area contributed by atoms with E-state index in [2.05, 4.69) is 16.1 Å². The van der Waals surface area contributed by atoms with Gasteiger partial charge in [-0.05, 0) is 6.92 Å². The summed E-state index contributed by atoms with van der Waals surface area (Å²) in [5.74, 6) is -21.8. The van der Waals surface area contributed by atoms with E-state index in [-0.39, 0.29) is 0 Å². The normalized spacial score (nSPS) is 15.8. The van der Waals surface area contributed by atoms with Crippen molar-refractivity contribution in [1.29, 1.82) is 0 Å². The molecule has 1 unspecified atom stereocenters. The summed E-state index contributed by atoms with van der Waals surface area (Å²) in [5, 5.41) is -6.25.